The number of aryl methyl sites for hydroxylation is 1. The van der Waals surface area contributed by atoms with Gasteiger partial charge in [-0.25, -0.2) is 4.79 Å². The standard InChI is InChI=1S/C30H28F3N5O4S/c1-4-42-28(41)20-12-14-21(15-13-20)35-26(39)17-43-29-37-36-25(38(29)24-11-7-8-18(2)19(24)3)16-34-27(40)22-9-5-6-10-23(22)30(31,32)33/h5-15H,4,16-17H2,1-3H3,(H,34,40)(H,35,39). The first-order valence-electron chi connectivity index (χ1n) is 13.1. The number of carbonyl (C=O) groups excluding carboxylic acids is 3. The van der Waals surface area contributed by atoms with Gasteiger partial charge in [0.15, 0.2) is 11.0 Å². The molecule has 0 saturated heterocycles. The van der Waals surface area contributed by atoms with Crippen molar-refractivity contribution in [1.82, 2.24) is 20.1 Å². The number of nitrogens with one attached hydrogen (secondary N) is 2. The van der Waals surface area contributed by atoms with E-state index in [0.29, 0.717) is 22.1 Å². The Morgan fingerprint density at radius 3 is 2.37 bits per heavy atom. The second-order valence-electron chi connectivity index (χ2n) is 9.31. The van der Waals surface area contributed by atoms with Crippen LogP contribution in [-0.4, -0.2) is 44.9 Å². The number of nitrogens with zero attached hydrogens (tertiary/aromatic N) is 3. The molecule has 0 bridgehead atoms. The molecule has 4 rings (SSSR count). The van der Waals surface area contributed by atoms with Crippen LogP contribution >= 0.6 is 11.8 Å². The van der Waals surface area contributed by atoms with Crippen LogP contribution in [0.1, 0.15) is 50.2 Å². The minimum absolute atomic E-state index is 0.0477. The van der Waals surface area contributed by atoms with Crippen LogP contribution in [0.3, 0.4) is 0 Å². The number of hydrogen-bond acceptors (Lipinski definition) is 7. The largest absolute Gasteiger partial charge is 0.462 e. The maximum absolute atomic E-state index is 13.4. The van der Waals surface area contributed by atoms with Gasteiger partial charge < -0.3 is 15.4 Å². The van der Waals surface area contributed by atoms with Crippen LogP contribution < -0.4 is 10.6 Å². The van der Waals surface area contributed by atoms with Crippen molar-refractivity contribution >= 4 is 35.2 Å². The zero-order chi connectivity index (χ0) is 31.1. The molecule has 0 aliphatic heterocycles. The predicted octanol–water partition coefficient (Wildman–Crippen LogP) is 5.74. The SMILES string of the molecule is CCOC(=O)c1ccc(NC(=O)CSc2nnc(CNC(=O)c3ccccc3C(F)(F)F)n2-c2cccc(C)c2C)cc1. The molecule has 43 heavy (non-hydrogen) atoms. The summed E-state index contributed by atoms with van der Waals surface area (Å²) in [5.41, 5.74) is 1.86. The van der Waals surface area contributed by atoms with Gasteiger partial charge >= 0.3 is 12.1 Å². The molecule has 2 amide bonds. The molecule has 0 atom stereocenters. The highest BCUT2D eigenvalue weighted by Gasteiger charge is 2.35. The van der Waals surface area contributed by atoms with Gasteiger partial charge in [-0.05, 0) is 74.4 Å². The lowest BCUT2D eigenvalue weighted by molar-refractivity contribution is -0.138. The van der Waals surface area contributed by atoms with Gasteiger partial charge in [-0.3, -0.25) is 14.2 Å². The summed E-state index contributed by atoms with van der Waals surface area (Å²) in [7, 11) is 0. The Balaban J connectivity index is 1.52. The number of alkyl halides is 3. The molecule has 0 saturated carbocycles. The third-order valence-corrected chi connectivity index (χ3v) is 7.34. The molecule has 0 aliphatic carbocycles. The summed E-state index contributed by atoms with van der Waals surface area (Å²) >= 11 is 1.10. The summed E-state index contributed by atoms with van der Waals surface area (Å²) in [5, 5.41) is 14.0. The smallest absolute Gasteiger partial charge is 0.417 e. The molecule has 0 unspecified atom stereocenters. The topological polar surface area (TPSA) is 115 Å². The Kier molecular flexibility index (Phi) is 9.86. The second kappa shape index (κ2) is 13.6. The van der Waals surface area contributed by atoms with E-state index in [1.807, 2.05) is 32.0 Å². The molecule has 224 valence electrons. The van der Waals surface area contributed by atoms with Gasteiger partial charge in [0, 0.05) is 5.69 Å². The molecule has 3 aromatic carbocycles. The third kappa shape index (κ3) is 7.60. The maximum atomic E-state index is 13.4. The van der Waals surface area contributed by atoms with Gasteiger partial charge in [-0.15, -0.1) is 10.2 Å². The van der Waals surface area contributed by atoms with Crippen LogP contribution in [0.2, 0.25) is 0 Å². The summed E-state index contributed by atoms with van der Waals surface area (Å²) in [4.78, 5) is 37.4. The molecule has 0 radical (unpaired) electrons. The molecule has 1 aromatic heterocycles. The Hall–Kier alpha value is -4.65. The zero-order valence-electron chi connectivity index (χ0n) is 23.5. The van der Waals surface area contributed by atoms with E-state index in [4.69, 9.17) is 4.74 Å². The minimum atomic E-state index is -4.69. The number of carbonyl (C=O) groups is 3. The quantitative estimate of drug-likeness (QED) is 0.174. The van der Waals surface area contributed by atoms with Crippen molar-refractivity contribution in [3.05, 3.63) is 100 Å². The van der Waals surface area contributed by atoms with Crippen LogP contribution in [-0.2, 0) is 22.3 Å². The molecule has 0 aliphatic rings. The van der Waals surface area contributed by atoms with Crippen LogP contribution in [0.5, 0.6) is 0 Å². The van der Waals surface area contributed by atoms with E-state index < -0.39 is 29.2 Å². The van der Waals surface area contributed by atoms with Crippen molar-refractivity contribution in [2.45, 2.75) is 38.6 Å². The lowest BCUT2D eigenvalue weighted by Gasteiger charge is -2.15. The normalized spacial score (nSPS) is 11.2. The number of amides is 2. The van der Waals surface area contributed by atoms with E-state index in [1.54, 1.807) is 35.8 Å². The molecular weight excluding hydrogens is 583 g/mol. The van der Waals surface area contributed by atoms with E-state index in [9.17, 15) is 27.6 Å². The summed E-state index contributed by atoms with van der Waals surface area (Å²) < 4.78 is 47.0. The van der Waals surface area contributed by atoms with Crippen molar-refractivity contribution in [3.63, 3.8) is 0 Å². The van der Waals surface area contributed by atoms with Gasteiger partial charge in [0.1, 0.15) is 0 Å². The van der Waals surface area contributed by atoms with Crippen LogP contribution in [0.25, 0.3) is 5.69 Å². The van der Waals surface area contributed by atoms with E-state index >= 15 is 0 Å². The number of hydrogen-bond donors (Lipinski definition) is 2. The lowest BCUT2D eigenvalue weighted by Crippen LogP contribution is -2.27. The third-order valence-electron chi connectivity index (χ3n) is 6.41. The second-order valence-corrected chi connectivity index (χ2v) is 10.3. The van der Waals surface area contributed by atoms with Gasteiger partial charge in [0.05, 0.1) is 41.3 Å². The van der Waals surface area contributed by atoms with Crippen LogP contribution in [0.4, 0.5) is 18.9 Å². The predicted molar refractivity (Wildman–Crippen MR) is 155 cm³/mol. The number of rotatable bonds is 10. The van der Waals surface area contributed by atoms with Crippen molar-refractivity contribution < 1.29 is 32.3 Å². The van der Waals surface area contributed by atoms with E-state index in [1.165, 1.54) is 12.1 Å². The van der Waals surface area contributed by atoms with E-state index in [2.05, 4.69) is 20.8 Å². The Bertz CT molecular complexity index is 1640. The number of aromatic nitrogens is 3. The van der Waals surface area contributed by atoms with Crippen molar-refractivity contribution in [2.24, 2.45) is 0 Å². The number of thioether (sulfide) groups is 1. The molecule has 9 nitrogen and oxygen atoms in total. The average Bonchev–Trinajstić information content (AvgIpc) is 3.38. The highest BCUT2D eigenvalue weighted by atomic mass is 32.2. The molecule has 4 aromatic rings. The van der Waals surface area contributed by atoms with Crippen LogP contribution in [0, 0.1) is 13.8 Å². The van der Waals surface area contributed by atoms with E-state index in [0.717, 1.165) is 35.0 Å². The van der Waals surface area contributed by atoms with Gasteiger partial charge in [-0.2, -0.15) is 13.2 Å². The zero-order valence-corrected chi connectivity index (χ0v) is 24.3. The molecule has 1 heterocycles. The highest BCUT2D eigenvalue weighted by molar-refractivity contribution is 7.99. The maximum Gasteiger partial charge on any atom is 0.417 e. The molecule has 0 fully saturated rings. The Labute approximate surface area is 249 Å². The lowest BCUT2D eigenvalue weighted by atomic mass is 10.1. The van der Waals surface area contributed by atoms with Crippen molar-refractivity contribution in [2.75, 3.05) is 17.7 Å². The first-order valence-corrected chi connectivity index (χ1v) is 14.1. The fraction of sp³-hybridized carbons (Fsp3) is 0.233. The monoisotopic (exact) mass is 611 g/mol. The molecule has 2 N–H and O–H groups in total. The number of ether oxygens (including phenoxy) is 1. The van der Waals surface area contributed by atoms with Gasteiger partial charge in [0.25, 0.3) is 5.91 Å². The first-order chi connectivity index (χ1) is 20.5. The summed E-state index contributed by atoms with van der Waals surface area (Å²) in [5.74, 6) is -1.50. The van der Waals surface area contributed by atoms with Crippen molar-refractivity contribution in [3.8, 4) is 5.69 Å². The van der Waals surface area contributed by atoms with E-state index in [-0.39, 0.29) is 30.6 Å². The summed E-state index contributed by atoms with van der Waals surface area (Å²) in [6.45, 7) is 5.56. The number of esters is 1. The van der Waals surface area contributed by atoms with Crippen molar-refractivity contribution in [1.29, 1.82) is 0 Å². The number of benzene rings is 3. The fourth-order valence-electron chi connectivity index (χ4n) is 4.14. The highest BCUT2D eigenvalue weighted by Crippen LogP contribution is 2.32. The van der Waals surface area contributed by atoms with Crippen LogP contribution in [0.15, 0.2) is 71.9 Å². The van der Waals surface area contributed by atoms with Gasteiger partial charge in [-0.1, -0.05) is 36.0 Å². The Morgan fingerprint density at radius 1 is 0.953 bits per heavy atom. The molecular formula is C30H28F3N5O4S. The molecule has 0 spiro atoms. The molecule has 13 heteroatoms. The fourth-order valence-corrected chi connectivity index (χ4v) is 4.91. The summed E-state index contributed by atoms with van der Waals surface area (Å²) in [6.07, 6.45) is -4.69. The first kappa shape index (κ1) is 31.3. The number of halogens is 3. The Morgan fingerprint density at radius 2 is 1.67 bits per heavy atom. The minimum Gasteiger partial charge on any atom is -0.462 e. The summed E-state index contributed by atoms with van der Waals surface area (Å²) in [6, 6.07) is 16.4. The van der Waals surface area contributed by atoms with Gasteiger partial charge in [0.2, 0.25) is 5.91 Å². The number of anilines is 1. The average molecular weight is 612 g/mol.